The number of hydrogen-bond acceptors (Lipinski definition) is 5. The Hall–Kier alpha value is -1.61. The molecule has 6 heteroatoms. The van der Waals surface area contributed by atoms with Crippen molar-refractivity contribution in [1.82, 2.24) is 9.88 Å². The van der Waals surface area contributed by atoms with Crippen molar-refractivity contribution in [3.8, 4) is 6.07 Å². The third kappa shape index (κ3) is 1.92. The Kier molecular flexibility index (Phi) is 2.83. The predicted molar refractivity (Wildman–Crippen MR) is 56.7 cm³/mol. The number of thiazole rings is 1. The monoisotopic (exact) mass is 222 g/mol. The normalized spacial score (nSPS) is 16.2. The number of amides is 1. The molecular weight excluding hydrogens is 212 g/mol. The van der Waals surface area contributed by atoms with Gasteiger partial charge in [0.25, 0.3) is 0 Å². The van der Waals surface area contributed by atoms with Crippen molar-refractivity contribution in [1.29, 1.82) is 5.26 Å². The summed E-state index contributed by atoms with van der Waals surface area (Å²) in [6.45, 7) is 2.89. The van der Waals surface area contributed by atoms with Crippen molar-refractivity contribution in [2.24, 2.45) is 0 Å². The first kappa shape index (κ1) is 9.93. The van der Waals surface area contributed by atoms with Crippen LogP contribution in [0.15, 0.2) is 5.51 Å². The van der Waals surface area contributed by atoms with Gasteiger partial charge in [-0.25, -0.2) is 4.98 Å². The average Bonchev–Trinajstić information content (AvgIpc) is 2.77. The SMILES string of the molecule is N#Cc1scnc1N1CCN(C=O)CC1. The zero-order valence-corrected chi connectivity index (χ0v) is 8.90. The van der Waals surface area contributed by atoms with Gasteiger partial charge in [-0.3, -0.25) is 4.79 Å². The molecule has 0 N–H and O–H groups in total. The highest BCUT2D eigenvalue weighted by atomic mass is 32.1. The van der Waals surface area contributed by atoms with E-state index in [0.29, 0.717) is 18.0 Å². The standard InChI is InChI=1S/C9H10N4OS/c10-5-8-9(11-6-15-8)13-3-1-12(7-14)2-4-13/h6-7H,1-4H2. The van der Waals surface area contributed by atoms with Gasteiger partial charge in [0, 0.05) is 26.2 Å². The molecule has 0 unspecified atom stereocenters. The summed E-state index contributed by atoms with van der Waals surface area (Å²) in [5, 5.41) is 8.86. The van der Waals surface area contributed by atoms with Crippen LogP contribution < -0.4 is 4.90 Å². The van der Waals surface area contributed by atoms with Gasteiger partial charge in [-0.15, -0.1) is 11.3 Å². The lowest BCUT2D eigenvalue weighted by Crippen LogP contribution is -2.46. The van der Waals surface area contributed by atoms with E-state index in [1.54, 1.807) is 10.4 Å². The maximum absolute atomic E-state index is 10.5. The van der Waals surface area contributed by atoms with Gasteiger partial charge in [0.2, 0.25) is 6.41 Å². The van der Waals surface area contributed by atoms with Crippen LogP contribution >= 0.6 is 11.3 Å². The number of nitrogens with zero attached hydrogens (tertiary/aromatic N) is 4. The average molecular weight is 222 g/mol. The van der Waals surface area contributed by atoms with E-state index in [2.05, 4.69) is 16.0 Å². The van der Waals surface area contributed by atoms with Gasteiger partial charge in [0.05, 0.1) is 5.51 Å². The van der Waals surface area contributed by atoms with Gasteiger partial charge in [0.1, 0.15) is 10.9 Å². The molecule has 2 heterocycles. The van der Waals surface area contributed by atoms with E-state index in [9.17, 15) is 4.79 Å². The number of aromatic nitrogens is 1. The van der Waals surface area contributed by atoms with E-state index in [4.69, 9.17) is 5.26 Å². The van der Waals surface area contributed by atoms with Crippen LogP contribution in [0.25, 0.3) is 0 Å². The fourth-order valence-electron chi connectivity index (χ4n) is 1.58. The van der Waals surface area contributed by atoms with Gasteiger partial charge in [-0.1, -0.05) is 0 Å². The molecule has 1 aliphatic heterocycles. The van der Waals surface area contributed by atoms with Crippen LogP contribution in [-0.2, 0) is 4.79 Å². The Balaban J connectivity index is 2.08. The van der Waals surface area contributed by atoms with Crippen LogP contribution in [0.2, 0.25) is 0 Å². The fraction of sp³-hybridized carbons (Fsp3) is 0.444. The lowest BCUT2D eigenvalue weighted by Gasteiger charge is -2.32. The molecule has 0 aromatic carbocycles. The van der Waals surface area contributed by atoms with E-state index < -0.39 is 0 Å². The molecule has 1 aromatic rings. The summed E-state index contributed by atoms with van der Waals surface area (Å²) in [6, 6.07) is 2.13. The second-order valence-electron chi connectivity index (χ2n) is 3.25. The van der Waals surface area contributed by atoms with Crippen LogP contribution in [0.1, 0.15) is 4.88 Å². The molecule has 0 spiro atoms. The minimum atomic E-state index is 0.648. The second kappa shape index (κ2) is 4.28. The molecule has 0 aliphatic carbocycles. The first-order chi connectivity index (χ1) is 7.35. The van der Waals surface area contributed by atoms with Gasteiger partial charge in [-0.05, 0) is 0 Å². The fourth-order valence-corrected chi connectivity index (χ4v) is 2.18. The predicted octanol–water partition coefficient (Wildman–Crippen LogP) is 0.293. The lowest BCUT2D eigenvalue weighted by atomic mass is 10.3. The van der Waals surface area contributed by atoms with E-state index >= 15 is 0 Å². The summed E-state index contributed by atoms with van der Waals surface area (Å²) in [4.78, 5) is 19.1. The van der Waals surface area contributed by atoms with Crippen molar-refractivity contribution in [3.63, 3.8) is 0 Å². The first-order valence-corrected chi connectivity index (χ1v) is 5.51. The summed E-state index contributed by atoms with van der Waals surface area (Å²) < 4.78 is 0. The summed E-state index contributed by atoms with van der Waals surface area (Å²) in [6.07, 6.45) is 0.865. The summed E-state index contributed by atoms with van der Waals surface area (Å²) in [5.41, 5.74) is 1.68. The summed E-state index contributed by atoms with van der Waals surface area (Å²) >= 11 is 1.35. The summed E-state index contributed by atoms with van der Waals surface area (Å²) in [5.74, 6) is 0.757. The Labute approximate surface area is 91.5 Å². The van der Waals surface area contributed by atoms with Crippen molar-refractivity contribution in [3.05, 3.63) is 10.4 Å². The molecule has 0 bridgehead atoms. The van der Waals surface area contributed by atoms with Crippen molar-refractivity contribution in [2.45, 2.75) is 0 Å². The molecular formula is C9H10N4OS. The van der Waals surface area contributed by atoms with E-state index in [0.717, 1.165) is 25.3 Å². The molecule has 15 heavy (non-hydrogen) atoms. The minimum Gasteiger partial charge on any atom is -0.351 e. The Morgan fingerprint density at radius 1 is 1.47 bits per heavy atom. The molecule has 1 fully saturated rings. The number of hydrogen-bond donors (Lipinski definition) is 0. The number of carbonyl (C=O) groups is 1. The number of carbonyl (C=O) groups excluding carboxylic acids is 1. The summed E-state index contributed by atoms with van der Waals surface area (Å²) in [7, 11) is 0. The zero-order valence-electron chi connectivity index (χ0n) is 8.09. The molecule has 2 rings (SSSR count). The van der Waals surface area contributed by atoms with Gasteiger partial charge >= 0.3 is 0 Å². The van der Waals surface area contributed by atoms with Crippen molar-refractivity contribution in [2.75, 3.05) is 31.1 Å². The molecule has 0 atom stereocenters. The molecule has 1 aromatic heterocycles. The topological polar surface area (TPSA) is 60.2 Å². The third-order valence-corrected chi connectivity index (χ3v) is 3.13. The van der Waals surface area contributed by atoms with Gasteiger partial charge < -0.3 is 9.80 Å². The third-order valence-electron chi connectivity index (χ3n) is 2.41. The Morgan fingerprint density at radius 2 is 2.20 bits per heavy atom. The number of anilines is 1. The molecule has 0 saturated carbocycles. The highest BCUT2D eigenvalue weighted by Crippen LogP contribution is 2.22. The quantitative estimate of drug-likeness (QED) is 0.675. The van der Waals surface area contributed by atoms with Gasteiger partial charge in [-0.2, -0.15) is 5.26 Å². The number of nitriles is 1. The molecule has 1 amide bonds. The Bertz CT molecular complexity index is 389. The maximum Gasteiger partial charge on any atom is 0.209 e. The molecule has 1 aliphatic rings. The van der Waals surface area contributed by atoms with Gasteiger partial charge in [0.15, 0.2) is 5.82 Å². The van der Waals surface area contributed by atoms with Crippen LogP contribution in [0.4, 0.5) is 5.82 Å². The van der Waals surface area contributed by atoms with Crippen molar-refractivity contribution < 1.29 is 4.79 Å². The van der Waals surface area contributed by atoms with E-state index in [1.807, 2.05) is 0 Å². The largest absolute Gasteiger partial charge is 0.351 e. The lowest BCUT2D eigenvalue weighted by molar-refractivity contribution is -0.118. The zero-order chi connectivity index (χ0) is 10.7. The second-order valence-corrected chi connectivity index (χ2v) is 4.10. The molecule has 78 valence electrons. The highest BCUT2D eigenvalue weighted by Gasteiger charge is 2.19. The minimum absolute atomic E-state index is 0.648. The van der Waals surface area contributed by atoms with Crippen LogP contribution in [0, 0.1) is 11.3 Å². The molecule has 1 saturated heterocycles. The number of rotatable bonds is 2. The molecule has 5 nitrogen and oxygen atoms in total. The van der Waals surface area contributed by atoms with Crippen molar-refractivity contribution >= 4 is 23.6 Å². The Morgan fingerprint density at radius 3 is 2.80 bits per heavy atom. The molecule has 0 radical (unpaired) electrons. The van der Waals surface area contributed by atoms with Crippen LogP contribution in [-0.4, -0.2) is 42.5 Å². The smallest absolute Gasteiger partial charge is 0.209 e. The van der Waals surface area contributed by atoms with E-state index in [1.165, 1.54) is 11.3 Å². The highest BCUT2D eigenvalue weighted by molar-refractivity contribution is 7.10. The van der Waals surface area contributed by atoms with Crippen LogP contribution in [0.3, 0.4) is 0 Å². The first-order valence-electron chi connectivity index (χ1n) is 4.63. The maximum atomic E-state index is 10.5. The van der Waals surface area contributed by atoms with E-state index in [-0.39, 0.29) is 0 Å². The van der Waals surface area contributed by atoms with Crippen LogP contribution in [0.5, 0.6) is 0 Å². The number of piperazine rings is 1.